The molecule has 1 aliphatic carbocycles. The highest BCUT2D eigenvalue weighted by atomic mass is 16.5. The fraction of sp³-hybridized carbons (Fsp3) is 0.280. The van der Waals surface area contributed by atoms with E-state index >= 15 is 0 Å². The van der Waals surface area contributed by atoms with Crippen LogP contribution in [0.1, 0.15) is 69.9 Å². The predicted octanol–water partition coefficient (Wildman–Crippen LogP) is 2.53. The molecule has 2 aromatic rings. The van der Waals surface area contributed by atoms with Gasteiger partial charge in [-0.25, -0.2) is 0 Å². The lowest BCUT2D eigenvalue weighted by Gasteiger charge is -2.21. The molecule has 0 fully saturated rings. The molecule has 35 heavy (non-hydrogen) atoms. The summed E-state index contributed by atoms with van der Waals surface area (Å²) in [5.74, 6) is -2.80. The van der Waals surface area contributed by atoms with E-state index in [0.29, 0.717) is 25.8 Å². The minimum atomic E-state index is -0.713. The molecule has 0 saturated carbocycles. The smallest absolute Gasteiger partial charge is 0.308 e. The number of hydrogen-bond donors (Lipinski definition) is 1. The lowest BCUT2D eigenvalue weighted by molar-refractivity contribution is -0.132. The molecule has 0 unspecified atom stereocenters. The van der Waals surface area contributed by atoms with Crippen molar-refractivity contribution in [2.75, 3.05) is 20.3 Å². The third kappa shape index (κ3) is 7.15. The zero-order valence-corrected chi connectivity index (χ0v) is 18.8. The number of fused-ring (bicyclic) bond motifs is 2. The number of ether oxygens (including phenoxy) is 3. The molecule has 2 aromatic carbocycles. The van der Waals surface area contributed by atoms with E-state index in [9.17, 15) is 28.8 Å². The molecule has 0 bridgehead atoms. The number of aldehydes is 1. The van der Waals surface area contributed by atoms with Crippen LogP contribution in [-0.2, 0) is 19.1 Å². The number of amides is 1. The maximum atomic E-state index is 13.0. The number of esters is 2. The Morgan fingerprint density at radius 2 is 1.54 bits per heavy atom. The van der Waals surface area contributed by atoms with Crippen LogP contribution in [0.5, 0.6) is 11.5 Å². The normalized spacial score (nSPS) is 10.9. The Bertz CT molecular complexity index is 1140. The van der Waals surface area contributed by atoms with Gasteiger partial charge < -0.3 is 19.5 Å². The van der Waals surface area contributed by atoms with E-state index < -0.39 is 23.5 Å². The summed E-state index contributed by atoms with van der Waals surface area (Å²) in [7, 11) is 1.64. The Kier molecular flexibility index (Phi) is 11.1. The standard InChI is InChI=1S/C19H12O7.C5H11NO2.CH4/c1-9(21)25-14-5-3-4-12-16(14)19(24)17-13(18(12)23)6-11(8-20)7-15(17)26-10(2)22;1-8-4-2-3-6-5-7;/h3-8H,1-2H3;5H,2-4H2,1H3,(H,6,7);1H4. The molecule has 3 rings (SSSR count). The number of rotatable bonds is 8. The summed E-state index contributed by atoms with van der Waals surface area (Å²) in [6.07, 6.45) is 2.06. The van der Waals surface area contributed by atoms with Crippen LogP contribution < -0.4 is 14.8 Å². The second-order valence-electron chi connectivity index (χ2n) is 7.00. The summed E-state index contributed by atoms with van der Waals surface area (Å²) in [6, 6.07) is 6.75. The first-order chi connectivity index (χ1) is 16.2. The Morgan fingerprint density at radius 1 is 0.914 bits per heavy atom. The zero-order chi connectivity index (χ0) is 25.3. The Labute approximate surface area is 202 Å². The first-order valence-corrected chi connectivity index (χ1v) is 10.1. The summed E-state index contributed by atoms with van der Waals surface area (Å²) in [6.45, 7) is 3.72. The van der Waals surface area contributed by atoms with Crippen molar-refractivity contribution in [3.05, 3.63) is 58.1 Å². The molecule has 10 heteroatoms. The average molecular weight is 485 g/mol. The molecule has 0 radical (unpaired) electrons. The van der Waals surface area contributed by atoms with Crippen LogP contribution in [0.2, 0.25) is 0 Å². The van der Waals surface area contributed by atoms with Gasteiger partial charge in [0.15, 0.2) is 5.78 Å². The molecule has 0 aromatic heterocycles. The number of hydrogen-bond acceptors (Lipinski definition) is 9. The Morgan fingerprint density at radius 3 is 2.11 bits per heavy atom. The van der Waals surface area contributed by atoms with E-state index in [1.807, 2.05) is 0 Å². The third-order valence-corrected chi connectivity index (χ3v) is 4.49. The average Bonchev–Trinajstić information content (AvgIpc) is 2.79. The monoisotopic (exact) mass is 485 g/mol. The second kappa shape index (κ2) is 13.5. The van der Waals surface area contributed by atoms with Crippen molar-refractivity contribution >= 4 is 36.2 Å². The van der Waals surface area contributed by atoms with Crippen LogP contribution in [0.4, 0.5) is 0 Å². The maximum absolute atomic E-state index is 13.0. The summed E-state index contributed by atoms with van der Waals surface area (Å²) in [5, 5.41) is 2.52. The fourth-order valence-electron chi connectivity index (χ4n) is 3.20. The van der Waals surface area contributed by atoms with Gasteiger partial charge in [0.25, 0.3) is 0 Å². The number of carbonyl (C=O) groups excluding carboxylic acids is 6. The molecule has 10 nitrogen and oxygen atoms in total. The highest BCUT2D eigenvalue weighted by Crippen LogP contribution is 2.38. The lowest BCUT2D eigenvalue weighted by atomic mass is 9.82. The fourth-order valence-corrected chi connectivity index (χ4v) is 3.20. The second-order valence-corrected chi connectivity index (χ2v) is 7.00. The first-order valence-electron chi connectivity index (χ1n) is 10.1. The molecule has 0 aliphatic heterocycles. The molecule has 1 N–H and O–H groups in total. The quantitative estimate of drug-likeness (QED) is 0.220. The molecule has 1 aliphatic rings. The van der Waals surface area contributed by atoms with Gasteiger partial charge in [-0.15, -0.1) is 0 Å². The van der Waals surface area contributed by atoms with Crippen molar-refractivity contribution in [3.63, 3.8) is 0 Å². The molecule has 0 heterocycles. The highest BCUT2D eigenvalue weighted by Gasteiger charge is 2.36. The van der Waals surface area contributed by atoms with Gasteiger partial charge in [0.05, 0.1) is 11.1 Å². The topological polar surface area (TPSA) is 142 Å². The van der Waals surface area contributed by atoms with Crippen LogP contribution in [0, 0.1) is 0 Å². The van der Waals surface area contributed by atoms with Crippen LogP contribution in [0.25, 0.3) is 0 Å². The van der Waals surface area contributed by atoms with Gasteiger partial charge in [-0.3, -0.25) is 28.8 Å². The van der Waals surface area contributed by atoms with Crippen molar-refractivity contribution in [2.45, 2.75) is 27.7 Å². The van der Waals surface area contributed by atoms with Crippen LogP contribution in [-0.4, -0.2) is 56.5 Å². The maximum Gasteiger partial charge on any atom is 0.308 e. The summed E-state index contributed by atoms with van der Waals surface area (Å²) >= 11 is 0. The molecule has 0 spiro atoms. The zero-order valence-electron chi connectivity index (χ0n) is 18.8. The van der Waals surface area contributed by atoms with Gasteiger partial charge in [-0.05, 0) is 24.6 Å². The predicted molar refractivity (Wildman–Crippen MR) is 125 cm³/mol. The molecule has 1 amide bonds. The first kappa shape index (κ1) is 28.9. The van der Waals surface area contributed by atoms with Crippen LogP contribution >= 0.6 is 0 Å². The van der Waals surface area contributed by atoms with E-state index in [-0.39, 0.29) is 46.7 Å². The van der Waals surface area contributed by atoms with Crippen molar-refractivity contribution in [3.8, 4) is 11.5 Å². The van der Waals surface area contributed by atoms with Gasteiger partial charge in [0.2, 0.25) is 12.2 Å². The van der Waals surface area contributed by atoms with Gasteiger partial charge in [-0.1, -0.05) is 19.6 Å². The van der Waals surface area contributed by atoms with Crippen molar-refractivity contribution in [2.24, 2.45) is 0 Å². The van der Waals surface area contributed by atoms with Crippen molar-refractivity contribution in [1.29, 1.82) is 0 Å². The third-order valence-electron chi connectivity index (χ3n) is 4.49. The van der Waals surface area contributed by atoms with Crippen molar-refractivity contribution < 1.29 is 43.0 Å². The largest absolute Gasteiger partial charge is 0.426 e. The summed E-state index contributed by atoms with van der Waals surface area (Å²) in [5.41, 5.74) is -0.169. The van der Waals surface area contributed by atoms with Crippen molar-refractivity contribution in [1.82, 2.24) is 5.32 Å². The number of ketones is 2. The van der Waals surface area contributed by atoms with E-state index in [1.54, 1.807) is 7.11 Å². The molecular weight excluding hydrogens is 458 g/mol. The molecule has 0 atom stereocenters. The van der Waals surface area contributed by atoms with Crippen LogP contribution in [0.3, 0.4) is 0 Å². The summed E-state index contributed by atoms with van der Waals surface area (Å²) < 4.78 is 14.8. The summed E-state index contributed by atoms with van der Waals surface area (Å²) in [4.78, 5) is 69.3. The molecule has 186 valence electrons. The van der Waals surface area contributed by atoms with Gasteiger partial charge in [0.1, 0.15) is 17.8 Å². The number of nitrogens with one attached hydrogen (secondary N) is 1. The SMILES string of the molecule is C.CC(=O)Oc1cccc2c1C(=O)c1c(OC(C)=O)cc(C=O)cc1C2=O.COCCCNC=O. The highest BCUT2D eigenvalue weighted by molar-refractivity contribution is 6.30. The molecular formula is C25H27NO9. The van der Waals surface area contributed by atoms with Gasteiger partial charge >= 0.3 is 11.9 Å². The Balaban J connectivity index is 0.000000590. The number of carbonyl (C=O) groups is 6. The van der Waals surface area contributed by atoms with E-state index in [2.05, 4.69) is 5.32 Å². The number of benzene rings is 2. The Hall–Kier alpha value is -4.18. The molecule has 0 saturated heterocycles. The van der Waals surface area contributed by atoms with E-state index in [4.69, 9.17) is 14.2 Å². The van der Waals surface area contributed by atoms with Gasteiger partial charge in [-0.2, -0.15) is 0 Å². The van der Waals surface area contributed by atoms with Crippen LogP contribution in [0.15, 0.2) is 30.3 Å². The van der Waals surface area contributed by atoms with E-state index in [1.165, 1.54) is 37.3 Å². The number of methoxy groups -OCH3 is 1. The van der Waals surface area contributed by atoms with Gasteiger partial charge in [0, 0.05) is 50.8 Å². The lowest BCUT2D eigenvalue weighted by Crippen LogP contribution is -2.24. The van der Waals surface area contributed by atoms with E-state index in [0.717, 1.165) is 13.3 Å². The minimum Gasteiger partial charge on any atom is -0.426 e. The minimum absolute atomic E-state index is 0.